The Hall–Kier alpha value is -1.12. The Kier molecular flexibility index (Phi) is 3.57. The molecule has 1 spiro atoms. The number of halogens is 3. The number of alkyl halides is 3. The molecule has 5 heteroatoms. The predicted molar refractivity (Wildman–Crippen MR) is 104 cm³/mol. The highest BCUT2D eigenvalue weighted by molar-refractivity contribution is 9.10. The number of hydrogen-bond donors (Lipinski definition) is 0. The van der Waals surface area contributed by atoms with Crippen molar-refractivity contribution in [2.75, 3.05) is 6.16 Å². The molecule has 2 fully saturated rings. The van der Waals surface area contributed by atoms with E-state index < -0.39 is 18.2 Å². The summed E-state index contributed by atoms with van der Waals surface area (Å²) in [5, 5.41) is 0. The Morgan fingerprint density at radius 1 is 1.08 bits per heavy atom. The SMILES string of the molecule is O=C1c2ccc(C3(F)CC3(F)Br)cc2C2(CC2)CP1Cc1ccccc1. The van der Waals surface area contributed by atoms with Gasteiger partial charge in [0.15, 0.2) is 11.2 Å². The molecule has 1 nitrogen and oxygen atoms in total. The Balaban J connectivity index is 1.50. The van der Waals surface area contributed by atoms with Crippen LogP contribution in [0.4, 0.5) is 8.78 Å². The molecule has 26 heavy (non-hydrogen) atoms. The summed E-state index contributed by atoms with van der Waals surface area (Å²) < 4.78 is 26.9. The first kappa shape index (κ1) is 17.0. The first-order valence-electron chi connectivity index (χ1n) is 8.90. The quantitative estimate of drug-likeness (QED) is 0.416. The highest BCUT2D eigenvalue weighted by Gasteiger charge is 2.71. The number of fused-ring (bicyclic) bond motifs is 2. The van der Waals surface area contributed by atoms with Crippen molar-refractivity contribution in [1.82, 2.24) is 0 Å². The average molecular weight is 435 g/mol. The minimum absolute atomic E-state index is 0.0102. The molecule has 5 rings (SSSR count). The zero-order chi connectivity index (χ0) is 18.2. The van der Waals surface area contributed by atoms with Gasteiger partial charge in [-0.3, -0.25) is 4.79 Å². The molecule has 0 aromatic heterocycles. The molecule has 0 N–H and O–H groups in total. The largest absolute Gasteiger partial charge is 0.289 e. The molecule has 3 aliphatic rings. The van der Waals surface area contributed by atoms with Gasteiger partial charge >= 0.3 is 0 Å². The van der Waals surface area contributed by atoms with Crippen LogP contribution in [0.1, 0.15) is 46.3 Å². The van der Waals surface area contributed by atoms with Gasteiger partial charge < -0.3 is 0 Å². The van der Waals surface area contributed by atoms with Crippen LogP contribution in [0.2, 0.25) is 0 Å². The van der Waals surface area contributed by atoms with Gasteiger partial charge in [0.2, 0.25) is 4.58 Å². The predicted octanol–water partition coefficient (Wildman–Crippen LogP) is 6.18. The molecular formula is C21H18BrF2OP. The van der Waals surface area contributed by atoms with Gasteiger partial charge in [0, 0.05) is 17.4 Å². The van der Waals surface area contributed by atoms with Crippen LogP contribution >= 0.6 is 23.9 Å². The highest BCUT2D eigenvalue weighted by Crippen LogP contribution is 2.67. The first-order valence-corrected chi connectivity index (χ1v) is 11.4. The van der Waals surface area contributed by atoms with E-state index in [0.717, 1.165) is 36.3 Å². The highest BCUT2D eigenvalue weighted by atomic mass is 79.9. The van der Waals surface area contributed by atoms with Crippen molar-refractivity contribution in [2.24, 2.45) is 0 Å². The Labute approximate surface area is 161 Å². The lowest BCUT2D eigenvalue weighted by Gasteiger charge is -2.32. The van der Waals surface area contributed by atoms with Crippen molar-refractivity contribution < 1.29 is 13.6 Å². The first-order chi connectivity index (χ1) is 12.3. The molecule has 3 atom stereocenters. The average Bonchev–Trinajstić information content (AvgIpc) is 3.50. The van der Waals surface area contributed by atoms with Crippen LogP contribution in [0.5, 0.6) is 0 Å². The van der Waals surface area contributed by atoms with E-state index in [1.54, 1.807) is 18.2 Å². The van der Waals surface area contributed by atoms with Gasteiger partial charge in [-0.15, -0.1) is 0 Å². The summed E-state index contributed by atoms with van der Waals surface area (Å²) in [6, 6.07) is 15.3. The molecule has 0 bridgehead atoms. The lowest BCUT2D eigenvalue weighted by molar-refractivity contribution is 0.107. The van der Waals surface area contributed by atoms with E-state index in [0.29, 0.717) is 5.56 Å². The Morgan fingerprint density at radius 3 is 2.38 bits per heavy atom. The second-order valence-electron chi connectivity index (χ2n) is 7.87. The molecule has 0 radical (unpaired) electrons. The van der Waals surface area contributed by atoms with Crippen LogP contribution in [-0.2, 0) is 17.2 Å². The van der Waals surface area contributed by atoms with E-state index in [-0.39, 0.29) is 17.4 Å². The summed E-state index contributed by atoms with van der Waals surface area (Å²) in [6.07, 6.45) is 3.60. The number of carbonyl (C=O) groups is 1. The molecule has 2 aromatic carbocycles. The van der Waals surface area contributed by atoms with Crippen molar-refractivity contribution in [3.8, 4) is 0 Å². The van der Waals surface area contributed by atoms with E-state index in [9.17, 15) is 13.6 Å². The monoisotopic (exact) mass is 434 g/mol. The van der Waals surface area contributed by atoms with Crippen LogP contribution in [0.3, 0.4) is 0 Å². The van der Waals surface area contributed by atoms with Crippen molar-refractivity contribution in [3.05, 3.63) is 70.8 Å². The topological polar surface area (TPSA) is 17.1 Å². The van der Waals surface area contributed by atoms with Crippen LogP contribution in [0.25, 0.3) is 0 Å². The minimum atomic E-state index is -1.97. The third kappa shape index (κ3) is 2.45. The number of rotatable bonds is 3. The fraction of sp³-hybridized carbons (Fsp3) is 0.381. The summed E-state index contributed by atoms with van der Waals surface area (Å²) in [7, 11) is -0.778. The summed E-state index contributed by atoms with van der Waals surface area (Å²) >= 11 is 2.84. The summed E-state index contributed by atoms with van der Waals surface area (Å²) in [6.45, 7) is 0. The molecule has 134 valence electrons. The molecule has 0 amide bonds. The van der Waals surface area contributed by atoms with Crippen molar-refractivity contribution in [2.45, 2.75) is 41.1 Å². The lowest BCUT2D eigenvalue weighted by atomic mass is 9.89. The van der Waals surface area contributed by atoms with Gasteiger partial charge in [-0.2, -0.15) is 0 Å². The maximum Gasteiger partial charge on any atom is 0.206 e. The van der Waals surface area contributed by atoms with Crippen LogP contribution in [0, 0.1) is 0 Å². The molecular weight excluding hydrogens is 417 g/mol. The van der Waals surface area contributed by atoms with Gasteiger partial charge in [-0.1, -0.05) is 48.5 Å². The third-order valence-corrected chi connectivity index (χ3v) is 9.51. The standard InChI is InChI=1S/C21H18BrF2OP/c22-21(24)12-20(21,23)15-6-7-16-17(10-15)19(8-9-19)13-26(18(16)25)11-14-4-2-1-3-5-14/h1-7,10H,8-9,11-13H2. The van der Waals surface area contributed by atoms with Gasteiger partial charge in [-0.25, -0.2) is 8.78 Å². The summed E-state index contributed by atoms with van der Waals surface area (Å²) in [4.78, 5) is 13.1. The van der Waals surface area contributed by atoms with Crippen LogP contribution in [-0.4, -0.2) is 16.3 Å². The molecule has 3 unspecified atom stereocenters. The molecule has 2 saturated carbocycles. The van der Waals surface area contributed by atoms with Crippen molar-refractivity contribution in [1.29, 1.82) is 0 Å². The van der Waals surface area contributed by atoms with E-state index in [2.05, 4.69) is 28.1 Å². The number of benzene rings is 2. The normalized spacial score (nSPS) is 33.8. The lowest BCUT2D eigenvalue weighted by Crippen LogP contribution is -2.25. The van der Waals surface area contributed by atoms with E-state index in [4.69, 9.17) is 0 Å². The summed E-state index contributed by atoms with van der Waals surface area (Å²) in [5.74, 6) is 0. The fourth-order valence-electron chi connectivity index (χ4n) is 4.19. The van der Waals surface area contributed by atoms with Gasteiger partial charge in [-0.05, 0) is 65.7 Å². The zero-order valence-electron chi connectivity index (χ0n) is 14.1. The maximum absolute atomic E-state index is 14.8. The number of carbonyl (C=O) groups excluding carboxylic acids is 1. The maximum atomic E-state index is 14.8. The van der Waals surface area contributed by atoms with Gasteiger partial charge in [0.1, 0.15) is 0 Å². The molecule has 1 aliphatic heterocycles. The van der Waals surface area contributed by atoms with Crippen LogP contribution < -0.4 is 0 Å². The Bertz CT molecular complexity index is 909. The van der Waals surface area contributed by atoms with Gasteiger partial charge in [0.05, 0.1) is 0 Å². The Morgan fingerprint density at radius 2 is 1.77 bits per heavy atom. The molecule has 2 aliphatic carbocycles. The van der Waals surface area contributed by atoms with E-state index in [1.165, 1.54) is 5.56 Å². The van der Waals surface area contributed by atoms with Crippen LogP contribution in [0.15, 0.2) is 48.5 Å². The minimum Gasteiger partial charge on any atom is -0.289 e. The molecule has 0 saturated heterocycles. The third-order valence-electron chi connectivity index (χ3n) is 6.05. The second kappa shape index (κ2) is 5.45. The zero-order valence-corrected chi connectivity index (χ0v) is 16.6. The molecule has 1 heterocycles. The molecule has 2 aromatic rings. The van der Waals surface area contributed by atoms with E-state index >= 15 is 0 Å². The van der Waals surface area contributed by atoms with Gasteiger partial charge in [0.25, 0.3) is 0 Å². The van der Waals surface area contributed by atoms with E-state index in [1.807, 2.05) is 18.2 Å². The second-order valence-corrected chi connectivity index (χ2v) is 11.2. The van der Waals surface area contributed by atoms with Crippen molar-refractivity contribution in [3.63, 3.8) is 0 Å². The van der Waals surface area contributed by atoms with Crippen molar-refractivity contribution >= 4 is 29.4 Å². The summed E-state index contributed by atoms with van der Waals surface area (Å²) in [5.41, 5.74) is 1.51. The fourth-order valence-corrected chi connectivity index (χ4v) is 7.61. The number of hydrogen-bond acceptors (Lipinski definition) is 1. The smallest absolute Gasteiger partial charge is 0.206 e.